The molecule has 2 unspecified atom stereocenters. The van der Waals surface area contributed by atoms with Crippen LogP contribution in [0.5, 0.6) is 0 Å². The molecule has 0 aromatic carbocycles. The summed E-state index contributed by atoms with van der Waals surface area (Å²) < 4.78 is 37.4. The van der Waals surface area contributed by atoms with Crippen molar-refractivity contribution in [2.24, 2.45) is 0 Å². The first kappa shape index (κ1) is 14.5. The molecule has 2 rings (SSSR count). The molecule has 0 aromatic heterocycles. The molecule has 0 radical (unpaired) electrons. The summed E-state index contributed by atoms with van der Waals surface area (Å²) in [6, 6.07) is 0. The van der Waals surface area contributed by atoms with Gasteiger partial charge in [0.25, 0.3) is 0 Å². The van der Waals surface area contributed by atoms with E-state index in [1.54, 1.807) is 4.31 Å². The number of hydrogen-bond donors (Lipinski definition) is 0. The van der Waals surface area contributed by atoms with Crippen LogP contribution in [0.15, 0.2) is 0 Å². The van der Waals surface area contributed by atoms with Crippen molar-refractivity contribution in [1.29, 1.82) is 0 Å². The average Bonchev–Trinajstić information content (AvgIpc) is 2.39. The van der Waals surface area contributed by atoms with Gasteiger partial charge in [-0.05, 0) is 19.8 Å². The van der Waals surface area contributed by atoms with E-state index in [4.69, 9.17) is 21.1 Å². The van der Waals surface area contributed by atoms with Crippen LogP contribution in [-0.2, 0) is 19.5 Å². The van der Waals surface area contributed by atoms with Crippen LogP contribution in [0.4, 0.5) is 0 Å². The van der Waals surface area contributed by atoms with Crippen LogP contribution in [0.1, 0.15) is 19.8 Å². The van der Waals surface area contributed by atoms with Gasteiger partial charge in [0, 0.05) is 32.2 Å². The number of rotatable bonds is 3. The molecule has 2 heterocycles. The second-order valence-corrected chi connectivity index (χ2v) is 7.42. The first-order valence-electron chi connectivity index (χ1n) is 6.32. The predicted molar refractivity (Wildman–Crippen MR) is 69.4 cm³/mol. The maximum atomic E-state index is 12.5. The first-order chi connectivity index (χ1) is 8.54. The molecular weight excluding hydrogens is 278 g/mol. The molecule has 2 aliphatic heterocycles. The van der Waals surface area contributed by atoms with Crippen LogP contribution < -0.4 is 0 Å². The Morgan fingerprint density at radius 3 is 2.56 bits per heavy atom. The summed E-state index contributed by atoms with van der Waals surface area (Å²) in [7, 11) is -3.25. The van der Waals surface area contributed by atoms with Gasteiger partial charge in [-0.15, -0.1) is 11.6 Å². The fourth-order valence-electron chi connectivity index (χ4n) is 2.48. The van der Waals surface area contributed by atoms with Crippen LogP contribution in [-0.4, -0.2) is 62.4 Å². The highest BCUT2D eigenvalue weighted by atomic mass is 35.5. The molecule has 0 aromatic rings. The Bertz CT molecular complexity index is 369. The third-order valence-corrected chi connectivity index (χ3v) is 6.09. The van der Waals surface area contributed by atoms with Crippen LogP contribution in [0, 0.1) is 0 Å². The van der Waals surface area contributed by atoms with Crippen LogP contribution >= 0.6 is 11.6 Å². The lowest BCUT2D eigenvalue weighted by molar-refractivity contribution is -0.0428. The molecule has 0 spiro atoms. The van der Waals surface area contributed by atoms with Crippen LogP contribution in [0.2, 0.25) is 0 Å². The number of alkyl halides is 1. The van der Waals surface area contributed by atoms with Crippen molar-refractivity contribution in [2.45, 2.75) is 37.2 Å². The minimum Gasteiger partial charge on any atom is -0.381 e. The van der Waals surface area contributed by atoms with Gasteiger partial charge in [-0.25, -0.2) is 8.42 Å². The second-order valence-electron chi connectivity index (χ2n) is 4.90. The first-order valence-corrected chi connectivity index (χ1v) is 8.36. The van der Waals surface area contributed by atoms with E-state index in [-0.39, 0.29) is 17.5 Å². The summed E-state index contributed by atoms with van der Waals surface area (Å²) in [5, 5.41) is -0.312. The maximum Gasteiger partial charge on any atom is 0.217 e. The van der Waals surface area contributed by atoms with Gasteiger partial charge < -0.3 is 9.47 Å². The van der Waals surface area contributed by atoms with Gasteiger partial charge in [0.05, 0.1) is 17.5 Å². The molecular formula is C11H20ClNO4S. The van der Waals surface area contributed by atoms with E-state index >= 15 is 0 Å². The standard InChI is InChI=1S/C11H20ClNO4S/c1-9-7-13(8-10(6-12)17-9)18(14,15)11-2-4-16-5-3-11/h9-11H,2-8H2,1H3. The molecule has 0 bridgehead atoms. The number of morpholine rings is 1. The number of nitrogens with zero attached hydrogens (tertiary/aromatic N) is 1. The summed E-state index contributed by atoms with van der Waals surface area (Å²) in [6.07, 6.45) is 0.862. The lowest BCUT2D eigenvalue weighted by atomic mass is 10.2. The van der Waals surface area contributed by atoms with Gasteiger partial charge >= 0.3 is 0 Å². The lowest BCUT2D eigenvalue weighted by Gasteiger charge is -2.37. The summed E-state index contributed by atoms with van der Waals surface area (Å²) in [5.74, 6) is 0.324. The highest BCUT2D eigenvalue weighted by molar-refractivity contribution is 7.89. The molecule has 5 nitrogen and oxygen atoms in total. The molecule has 0 amide bonds. The van der Waals surface area contributed by atoms with E-state index in [0.29, 0.717) is 45.0 Å². The monoisotopic (exact) mass is 297 g/mol. The molecule has 7 heteroatoms. The predicted octanol–water partition coefficient (Wildman–Crippen LogP) is 0.823. The molecule has 0 N–H and O–H groups in total. The van der Waals surface area contributed by atoms with Crippen molar-refractivity contribution in [3.63, 3.8) is 0 Å². The molecule has 2 aliphatic rings. The van der Waals surface area contributed by atoms with Crippen molar-refractivity contribution in [3.8, 4) is 0 Å². The Kier molecular flexibility index (Phi) is 4.88. The van der Waals surface area contributed by atoms with Gasteiger partial charge in [0.1, 0.15) is 0 Å². The van der Waals surface area contributed by atoms with Gasteiger partial charge in [-0.3, -0.25) is 0 Å². The third-order valence-electron chi connectivity index (χ3n) is 3.41. The summed E-state index contributed by atoms with van der Waals surface area (Å²) in [4.78, 5) is 0. The van der Waals surface area contributed by atoms with E-state index < -0.39 is 10.0 Å². The lowest BCUT2D eigenvalue weighted by Crippen LogP contribution is -2.52. The smallest absolute Gasteiger partial charge is 0.217 e. The zero-order chi connectivity index (χ0) is 13.2. The quantitative estimate of drug-likeness (QED) is 0.724. The number of sulfonamides is 1. The Morgan fingerprint density at radius 1 is 1.28 bits per heavy atom. The number of hydrogen-bond acceptors (Lipinski definition) is 4. The van der Waals surface area contributed by atoms with Crippen LogP contribution in [0.25, 0.3) is 0 Å². The molecule has 0 saturated carbocycles. The third kappa shape index (κ3) is 3.17. The molecule has 2 fully saturated rings. The number of ether oxygens (including phenoxy) is 2. The largest absolute Gasteiger partial charge is 0.381 e. The van der Waals surface area contributed by atoms with Crippen molar-refractivity contribution in [1.82, 2.24) is 4.31 Å². The van der Waals surface area contributed by atoms with Crippen molar-refractivity contribution in [2.75, 3.05) is 32.2 Å². The zero-order valence-electron chi connectivity index (χ0n) is 10.5. The summed E-state index contributed by atoms with van der Waals surface area (Å²) in [5.41, 5.74) is 0. The van der Waals surface area contributed by atoms with Crippen molar-refractivity contribution in [3.05, 3.63) is 0 Å². The number of halogens is 1. The van der Waals surface area contributed by atoms with E-state index in [1.165, 1.54) is 0 Å². The van der Waals surface area contributed by atoms with Crippen molar-refractivity contribution < 1.29 is 17.9 Å². The van der Waals surface area contributed by atoms with Crippen molar-refractivity contribution >= 4 is 21.6 Å². The normalized spacial score (nSPS) is 32.6. The Balaban J connectivity index is 2.08. The minimum atomic E-state index is -3.25. The molecule has 0 aliphatic carbocycles. The molecule has 2 atom stereocenters. The second kappa shape index (κ2) is 6.05. The molecule has 2 saturated heterocycles. The molecule has 106 valence electrons. The highest BCUT2D eigenvalue weighted by Gasteiger charge is 2.38. The molecule has 18 heavy (non-hydrogen) atoms. The van der Waals surface area contributed by atoms with E-state index in [1.807, 2.05) is 6.92 Å². The Morgan fingerprint density at radius 2 is 1.94 bits per heavy atom. The summed E-state index contributed by atoms with van der Waals surface area (Å²) >= 11 is 5.78. The minimum absolute atomic E-state index is 0.0999. The average molecular weight is 298 g/mol. The van der Waals surface area contributed by atoms with Gasteiger partial charge in [-0.2, -0.15) is 4.31 Å². The maximum absolute atomic E-state index is 12.5. The topological polar surface area (TPSA) is 55.8 Å². The van der Waals surface area contributed by atoms with Gasteiger partial charge in [-0.1, -0.05) is 0 Å². The van der Waals surface area contributed by atoms with E-state index in [0.717, 1.165) is 0 Å². The van der Waals surface area contributed by atoms with E-state index in [9.17, 15) is 8.42 Å². The highest BCUT2D eigenvalue weighted by Crippen LogP contribution is 2.23. The SMILES string of the molecule is CC1CN(S(=O)(=O)C2CCOCC2)CC(CCl)O1. The van der Waals surface area contributed by atoms with E-state index in [2.05, 4.69) is 0 Å². The summed E-state index contributed by atoms with van der Waals surface area (Å²) in [6.45, 7) is 3.73. The fourth-order valence-corrected chi connectivity index (χ4v) is 4.65. The zero-order valence-corrected chi connectivity index (χ0v) is 12.1. The van der Waals surface area contributed by atoms with Gasteiger partial charge in [0.15, 0.2) is 0 Å². The fraction of sp³-hybridized carbons (Fsp3) is 1.00. The van der Waals surface area contributed by atoms with Gasteiger partial charge in [0.2, 0.25) is 10.0 Å². The Hall–Kier alpha value is 0.120. The Labute approximate surface area is 113 Å². The van der Waals surface area contributed by atoms with Crippen LogP contribution in [0.3, 0.4) is 0 Å².